The molecule has 0 aromatic heterocycles. The molecule has 0 aliphatic carbocycles. The van der Waals surface area contributed by atoms with Gasteiger partial charge in [-0.1, -0.05) is 66.7 Å². The highest BCUT2D eigenvalue weighted by Gasteiger charge is 2.70. The Bertz CT molecular complexity index is 1020. The van der Waals surface area contributed by atoms with Gasteiger partial charge in [-0.15, -0.1) is 11.8 Å². The Kier molecular flexibility index (Phi) is 3.85. The number of hydrogen-bond acceptors (Lipinski definition) is 4. The summed E-state index contributed by atoms with van der Waals surface area (Å²) in [5.74, 6) is 0.810. The van der Waals surface area contributed by atoms with E-state index in [0.717, 1.165) is 27.3 Å². The van der Waals surface area contributed by atoms with Crippen LogP contribution in [0.25, 0.3) is 0 Å². The number of thioether (sulfide) groups is 1. The maximum absolute atomic E-state index is 13.6. The second kappa shape index (κ2) is 6.25. The van der Waals surface area contributed by atoms with E-state index in [4.69, 9.17) is 9.47 Å². The van der Waals surface area contributed by atoms with E-state index < -0.39 is 5.60 Å². The highest BCUT2D eigenvalue weighted by molar-refractivity contribution is 7.99. The van der Waals surface area contributed by atoms with Gasteiger partial charge in [0.05, 0.1) is 12.4 Å². The molecule has 3 aromatic carbocycles. The predicted molar refractivity (Wildman–Crippen MR) is 105 cm³/mol. The monoisotopic (exact) mass is 374 g/mol. The summed E-state index contributed by atoms with van der Waals surface area (Å²) in [7, 11) is 1.65. The van der Waals surface area contributed by atoms with Gasteiger partial charge in [0, 0.05) is 16.0 Å². The van der Waals surface area contributed by atoms with Crippen LogP contribution < -0.4 is 4.74 Å². The molecule has 1 saturated heterocycles. The summed E-state index contributed by atoms with van der Waals surface area (Å²) < 4.78 is 11.8. The summed E-state index contributed by atoms with van der Waals surface area (Å²) in [5.41, 5.74) is 1.87. The zero-order valence-electron chi connectivity index (χ0n) is 14.8. The molecule has 5 rings (SSSR count). The number of fused-ring (bicyclic) bond motifs is 1. The zero-order valence-corrected chi connectivity index (χ0v) is 15.6. The average Bonchev–Trinajstić information content (AvgIpc) is 3.47. The van der Waals surface area contributed by atoms with Crippen molar-refractivity contribution in [2.45, 2.75) is 21.9 Å². The number of carbonyl (C=O) groups is 1. The van der Waals surface area contributed by atoms with Gasteiger partial charge in [0.1, 0.15) is 11.9 Å². The van der Waals surface area contributed by atoms with Crippen molar-refractivity contribution in [2.24, 2.45) is 0 Å². The molecule has 1 spiro atoms. The Balaban J connectivity index is 1.66. The highest BCUT2D eigenvalue weighted by Crippen LogP contribution is 2.67. The lowest BCUT2D eigenvalue weighted by atomic mass is 9.84. The van der Waals surface area contributed by atoms with Gasteiger partial charge in [0.25, 0.3) is 0 Å². The molecule has 4 heteroatoms. The third-order valence-corrected chi connectivity index (χ3v) is 6.76. The Hall–Kier alpha value is -2.56. The highest BCUT2D eigenvalue weighted by atomic mass is 32.2. The molecule has 0 saturated carbocycles. The summed E-state index contributed by atoms with van der Waals surface area (Å²) in [6.07, 6.45) is -0.313. The summed E-state index contributed by atoms with van der Waals surface area (Å²) in [4.78, 5) is 14.6. The van der Waals surface area contributed by atoms with E-state index in [9.17, 15) is 4.79 Å². The number of epoxide rings is 1. The minimum atomic E-state index is -0.894. The number of rotatable bonds is 3. The molecular weight excluding hydrogens is 356 g/mol. The van der Waals surface area contributed by atoms with Crippen LogP contribution in [0.5, 0.6) is 5.75 Å². The second-order valence-corrected chi connectivity index (χ2v) is 7.91. The summed E-state index contributed by atoms with van der Waals surface area (Å²) in [6, 6.07) is 25.7. The Morgan fingerprint density at radius 3 is 2.44 bits per heavy atom. The summed E-state index contributed by atoms with van der Waals surface area (Å²) in [6.45, 7) is 0. The Morgan fingerprint density at radius 1 is 0.926 bits per heavy atom. The van der Waals surface area contributed by atoms with Crippen LogP contribution in [0, 0.1) is 0 Å². The van der Waals surface area contributed by atoms with Crippen molar-refractivity contribution >= 4 is 17.5 Å². The molecule has 3 aromatic rings. The van der Waals surface area contributed by atoms with E-state index in [1.54, 1.807) is 18.9 Å². The maximum Gasteiger partial charge on any atom is 0.200 e. The predicted octanol–water partition coefficient (Wildman–Crippen LogP) is 5.24. The lowest BCUT2D eigenvalue weighted by Gasteiger charge is -2.30. The molecule has 2 aliphatic heterocycles. The molecule has 0 amide bonds. The van der Waals surface area contributed by atoms with Crippen molar-refractivity contribution in [1.29, 1.82) is 0 Å². The van der Waals surface area contributed by atoms with Gasteiger partial charge >= 0.3 is 0 Å². The van der Waals surface area contributed by atoms with Crippen molar-refractivity contribution in [3.8, 4) is 5.75 Å². The Morgan fingerprint density at radius 2 is 1.63 bits per heavy atom. The van der Waals surface area contributed by atoms with E-state index in [1.807, 2.05) is 66.7 Å². The van der Waals surface area contributed by atoms with E-state index in [1.165, 1.54) is 0 Å². The third kappa shape index (κ3) is 2.44. The SMILES string of the molecule is COc1ccccc1[C@H]1O[C@]12C(=O)c1ccccc1S[C@H]2c1ccccc1. The molecule has 0 radical (unpaired) electrons. The van der Waals surface area contributed by atoms with Crippen molar-refractivity contribution in [3.05, 3.63) is 95.6 Å². The van der Waals surface area contributed by atoms with Crippen molar-refractivity contribution < 1.29 is 14.3 Å². The van der Waals surface area contributed by atoms with Gasteiger partial charge in [-0.3, -0.25) is 4.79 Å². The molecule has 0 unspecified atom stereocenters. The molecule has 2 heterocycles. The maximum atomic E-state index is 13.6. The van der Waals surface area contributed by atoms with Crippen LogP contribution in [0.3, 0.4) is 0 Å². The van der Waals surface area contributed by atoms with E-state index >= 15 is 0 Å². The number of para-hydroxylation sites is 1. The van der Waals surface area contributed by atoms with E-state index in [0.29, 0.717) is 0 Å². The van der Waals surface area contributed by atoms with Gasteiger partial charge in [0.15, 0.2) is 11.4 Å². The van der Waals surface area contributed by atoms with Crippen LogP contribution in [0.1, 0.15) is 32.8 Å². The van der Waals surface area contributed by atoms with Crippen molar-refractivity contribution in [3.63, 3.8) is 0 Å². The van der Waals surface area contributed by atoms with Crippen LogP contribution in [0.15, 0.2) is 83.8 Å². The van der Waals surface area contributed by atoms with Gasteiger partial charge in [0.2, 0.25) is 0 Å². The molecule has 0 N–H and O–H groups in total. The van der Waals surface area contributed by atoms with Crippen molar-refractivity contribution in [1.82, 2.24) is 0 Å². The Labute approximate surface area is 162 Å². The topological polar surface area (TPSA) is 38.8 Å². The number of ketones is 1. The fraction of sp³-hybridized carbons (Fsp3) is 0.174. The lowest BCUT2D eigenvalue weighted by Crippen LogP contribution is -2.35. The number of benzene rings is 3. The lowest BCUT2D eigenvalue weighted by molar-refractivity contribution is 0.0861. The fourth-order valence-corrected chi connectivity index (χ4v) is 5.41. The number of Topliss-reactive ketones (excluding diaryl/α,β-unsaturated/α-hetero) is 1. The van der Waals surface area contributed by atoms with Crippen LogP contribution in [0.4, 0.5) is 0 Å². The molecule has 3 nitrogen and oxygen atoms in total. The largest absolute Gasteiger partial charge is 0.496 e. The number of hydrogen-bond donors (Lipinski definition) is 0. The molecule has 2 aliphatic rings. The number of methoxy groups -OCH3 is 1. The van der Waals surface area contributed by atoms with Gasteiger partial charge < -0.3 is 9.47 Å². The average molecular weight is 374 g/mol. The number of carbonyl (C=O) groups excluding carboxylic acids is 1. The van der Waals surface area contributed by atoms with Gasteiger partial charge in [-0.05, 0) is 17.7 Å². The minimum absolute atomic E-state index is 0.0570. The van der Waals surface area contributed by atoms with Crippen LogP contribution in [-0.2, 0) is 4.74 Å². The van der Waals surface area contributed by atoms with Gasteiger partial charge in [-0.25, -0.2) is 0 Å². The first-order chi connectivity index (χ1) is 13.3. The molecule has 3 atom stereocenters. The molecular formula is C23H18O3S. The summed E-state index contributed by atoms with van der Waals surface area (Å²) in [5, 5.41) is -0.101. The van der Waals surface area contributed by atoms with Crippen molar-refractivity contribution in [2.75, 3.05) is 7.11 Å². The molecule has 0 bridgehead atoms. The normalized spacial score (nSPS) is 25.9. The third-order valence-electron chi connectivity index (χ3n) is 5.29. The molecule has 27 heavy (non-hydrogen) atoms. The smallest absolute Gasteiger partial charge is 0.200 e. The van der Waals surface area contributed by atoms with E-state index in [2.05, 4.69) is 12.1 Å². The quantitative estimate of drug-likeness (QED) is 0.588. The van der Waals surface area contributed by atoms with Crippen LogP contribution in [0.2, 0.25) is 0 Å². The summed E-state index contributed by atoms with van der Waals surface area (Å²) >= 11 is 1.71. The van der Waals surface area contributed by atoms with E-state index in [-0.39, 0.29) is 17.1 Å². The second-order valence-electron chi connectivity index (χ2n) is 6.77. The first-order valence-corrected chi connectivity index (χ1v) is 9.80. The first-order valence-electron chi connectivity index (χ1n) is 8.92. The zero-order chi connectivity index (χ0) is 18.4. The fourth-order valence-electron chi connectivity index (χ4n) is 3.95. The number of ether oxygens (including phenoxy) is 2. The molecule has 1 fully saturated rings. The first kappa shape index (κ1) is 16.6. The van der Waals surface area contributed by atoms with Gasteiger partial charge in [-0.2, -0.15) is 0 Å². The standard InChI is InChI=1S/C23H18O3S/c1-25-18-13-7-5-11-16(18)21-23(26-21)20(24)17-12-6-8-14-19(17)27-22(23)15-9-3-2-4-10-15/h2-14,21-22H,1H3/t21-,22+,23-/m1/s1. The minimum Gasteiger partial charge on any atom is -0.496 e. The van der Waals surface area contributed by atoms with Crippen LogP contribution in [-0.4, -0.2) is 18.5 Å². The van der Waals surface area contributed by atoms with Crippen LogP contribution >= 0.6 is 11.8 Å². The molecule has 134 valence electrons.